The molecule has 2 N–H and O–H groups in total. The first-order valence-corrected chi connectivity index (χ1v) is 10.5. The number of halogens is 1. The lowest BCUT2D eigenvalue weighted by molar-refractivity contribution is -0.142. The summed E-state index contributed by atoms with van der Waals surface area (Å²) in [5.41, 5.74) is 4.09. The lowest BCUT2D eigenvalue weighted by Gasteiger charge is -2.41. The number of hydrogen-bond donors (Lipinski definition) is 2. The van der Waals surface area contributed by atoms with Crippen molar-refractivity contribution in [3.8, 4) is 0 Å². The number of carbonyl (C=O) groups excluding carboxylic acids is 1. The third-order valence-corrected chi connectivity index (χ3v) is 8.10. The summed E-state index contributed by atoms with van der Waals surface area (Å²) in [6.45, 7) is 3.16. The predicted molar refractivity (Wildman–Crippen MR) is 103 cm³/mol. The first-order chi connectivity index (χ1) is 13.1. The van der Waals surface area contributed by atoms with Crippen molar-refractivity contribution < 1.29 is 9.18 Å². The van der Waals surface area contributed by atoms with Crippen LogP contribution in [-0.2, 0) is 10.2 Å². The van der Waals surface area contributed by atoms with E-state index in [1.54, 1.807) is 0 Å². The number of carbonyl (C=O) groups is 1. The highest BCUT2D eigenvalue weighted by Crippen LogP contribution is 2.77. The minimum atomic E-state index is -0.400. The molecule has 6 rings (SSSR count). The van der Waals surface area contributed by atoms with Crippen LogP contribution in [0.25, 0.3) is 0 Å². The summed E-state index contributed by atoms with van der Waals surface area (Å²) in [7, 11) is 0. The van der Waals surface area contributed by atoms with E-state index in [1.807, 2.05) is 0 Å². The summed E-state index contributed by atoms with van der Waals surface area (Å²) in [6, 6.07) is 10.7. The van der Waals surface area contributed by atoms with Gasteiger partial charge in [0.25, 0.3) is 0 Å². The van der Waals surface area contributed by atoms with Gasteiger partial charge in [-0.05, 0) is 60.8 Å². The second-order valence-electron chi connectivity index (χ2n) is 9.46. The minimum absolute atomic E-state index is 0.0540. The molecule has 4 nitrogen and oxygen atoms in total. The maximum absolute atomic E-state index is 13.7. The third-order valence-electron chi connectivity index (χ3n) is 8.10. The Morgan fingerprint density at radius 2 is 1.93 bits per heavy atom. The molecular weight excluding hydrogens is 341 g/mol. The van der Waals surface area contributed by atoms with E-state index in [4.69, 9.17) is 0 Å². The van der Waals surface area contributed by atoms with Crippen molar-refractivity contribution in [3.63, 3.8) is 0 Å². The fraction of sp³-hybridized carbons (Fsp3) is 0.682. The maximum atomic E-state index is 13.7. The van der Waals surface area contributed by atoms with Crippen molar-refractivity contribution >= 4 is 5.91 Å². The number of hydrazine groups is 1. The van der Waals surface area contributed by atoms with Gasteiger partial charge in [0.2, 0.25) is 5.91 Å². The number of nitrogens with zero attached hydrogens (tertiary/aromatic N) is 1. The van der Waals surface area contributed by atoms with E-state index in [0.29, 0.717) is 12.3 Å². The average molecular weight is 372 g/mol. The summed E-state index contributed by atoms with van der Waals surface area (Å²) in [6.07, 6.45) is 5.53. The molecule has 0 spiro atoms. The van der Waals surface area contributed by atoms with Crippen molar-refractivity contribution in [2.75, 3.05) is 32.9 Å². The number of amides is 1. The first kappa shape index (κ1) is 17.6. The summed E-state index contributed by atoms with van der Waals surface area (Å²) in [5.74, 6) is 0.714. The van der Waals surface area contributed by atoms with Gasteiger partial charge < -0.3 is 5.32 Å². The largest absolute Gasteiger partial charge is 0.314 e. The molecule has 1 aromatic carbocycles. The van der Waals surface area contributed by atoms with Crippen molar-refractivity contribution in [1.29, 1.82) is 0 Å². The van der Waals surface area contributed by atoms with Gasteiger partial charge in [-0.15, -0.1) is 0 Å². The van der Waals surface area contributed by atoms with E-state index in [9.17, 15) is 9.18 Å². The van der Waals surface area contributed by atoms with Crippen molar-refractivity contribution in [2.45, 2.75) is 43.9 Å². The van der Waals surface area contributed by atoms with E-state index in [0.717, 1.165) is 58.3 Å². The van der Waals surface area contributed by atoms with Crippen LogP contribution in [0, 0.1) is 16.7 Å². The molecule has 4 saturated carbocycles. The Bertz CT molecular complexity index is 722. The minimum Gasteiger partial charge on any atom is -0.314 e. The molecule has 5 heteroatoms. The molecule has 0 aromatic heterocycles. The van der Waals surface area contributed by atoms with Gasteiger partial charge in [0.15, 0.2) is 0 Å². The van der Waals surface area contributed by atoms with E-state index < -0.39 is 5.41 Å². The van der Waals surface area contributed by atoms with Gasteiger partial charge >= 0.3 is 0 Å². The van der Waals surface area contributed by atoms with Gasteiger partial charge in [0.05, 0.1) is 12.1 Å². The van der Waals surface area contributed by atoms with Crippen LogP contribution in [0.1, 0.15) is 44.1 Å². The number of alkyl halides is 1. The molecule has 146 valence electrons. The fourth-order valence-electron chi connectivity index (χ4n) is 7.32. The average Bonchev–Trinajstić information content (AvgIpc) is 3.03. The SMILES string of the molecule is O=C(NN1CCNCC1)C12CC3C[C@](c4ccccc4)(C1)C[C@@]2(CCF)C3. The zero-order valence-corrected chi connectivity index (χ0v) is 16.0. The topological polar surface area (TPSA) is 44.4 Å². The van der Waals surface area contributed by atoms with Gasteiger partial charge in [-0.3, -0.25) is 14.6 Å². The van der Waals surface area contributed by atoms with Crippen LogP contribution >= 0.6 is 0 Å². The Labute approximate surface area is 160 Å². The Morgan fingerprint density at radius 1 is 1.15 bits per heavy atom. The molecule has 1 aromatic rings. The third kappa shape index (κ3) is 2.51. The van der Waals surface area contributed by atoms with Crippen molar-refractivity contribution in [3.05, 3.63) is 35.9 Å². The quantitative estimate of drug-likeness (QED) is 0.837. The second kappa shape index (κ2) is 6.28. The highest BCUT2D eigenvalue weighted by molar-refractivity contribution is 5.85. The maximum Gasteiger partial charge on any atom is 0.241 e. The van der Waals surface area contributed by atoms with E-state index >= 15 is 0 Å². The summed E-state index contributed by atoms with van der Waals surface area (Å²) >= 11 is 0. The molecule has 1 heterocycles. The predicted octanol–water partition coefficient (Wildman–Crippen LogP) is 2.80. The van der Waals surface area contributed by atoms with E-state index in [-0.39, 0.29) is 23.4 Å². The zero-order valence-electron chi connectivity index (χ0n) is 16.0. The van der Waals surface area contributed by atoms with E-state index in [1.165, 1.54) is 5.56 Å². The Balaban J connectivity index is 1.50. The van der Waals surface area contributed by atoms with Crippen molar-refractivity contribution in [1.82, 2.24) is 15.8 Å². The van der Waals surface area contributed by atoms with Crippen LogP contribution in [-0.4, -0.2) is 43.8 Å². The van der Waals surface area contributed by atoms with Gasteiger partial charge in [0, 0.05) is 26.2 Å². The fourth-order valence-corrected chi connectivity index (χ4v) is 7.32. The van der Waals surface area contributed by atoms with Gasteiger partial charge in [-0.2, -0.15) is 0 Å². The van der Waals surface area contributed by atoms with Gasteiger partial charge in [0.1, 0.15) is 0 Å². The Morgan fingerprint density at radius 3 is 2.67 bits per heavy atom. The zero-order chi connectivity index (χ0) is 18.5. The normalized spacial score (nSPS) is 40.4. The molecule has 1 saturated heterocycles. The van der Waals surface area contributed by atoms with Crippen LogP contribution in [0.2, 0.25) is 0 Å². The summed E-state index contributed by atoms with van der Waals surface area (Å²) < 4.78 is 13.7. The molecule has 5 fully saturated rings. The number of benzene rings is 1. The van der Waals surface area contributed by atoms with Crippen LogP contribution < -0.4 is 10.7 Å². The molecule has 0 radical (unpaired) electrons. The summed E-state index contributed by atoms with van der Waals surface area (Å²) in [4.78, 5) is 13.6. The second-order valence-corrected chi connectivity index (χ2v) is 9.46. The van der Waals surface area contributed by atoms with Crippen LogP contribution in [0.4, 0.5) is 4.39 Å². The lowest BCUT2D eigenvalue weighted by atomic mass is 9.63. The lowest BCUT2D eigenvalue weighted by Crippen LogP contribution is -2.57. The smallest absolute Gasteiger partial charge is 0.241 e. The standard InChI is InChI=1S/C22H30FN3O/c23-7-6-21-13-17-12-20(15-21,18-4-2-1-3-5-18)16-22(21,14-17)19(27)25-26-10-8-24-9-11-26/h1-5,17,24H,6-16H2,(H,25,27)/t17?,20-,21-,22?/m1/s1. The van der Waals surface area contributed by atoms with Gasteiger partial charge in [-0.1, -0.05) is 30.3 Å². The number of hydrogen-bond acceptors (Lipinski definition) is 3. The number of nitrogens with one attached hydrogen (secondary N) is 2. The monoisotopic (exact) mass is 371 g/mol. The van der Waals surface area contributed by atoms with Crippen LogP contribution in [0.15, 0.2) is 30.3 Å². The highest BCUT2D eigenvalue weighted by atomic mass is 19.1. The highest BCUT2D eigenvalue weighted by Gasteiger charge is 2.74. The molecule has 1 aliphatic heterocycles. The molecule has 4 atom stereocenters. The molecule has 4 bridgehead atoms. The molecule has 2 unspecified atom stereocenters. The Kier molecular flexibility index (Phi) is 4.10. The first-order valence-electron chi connectivity index (χ1n) is 10.5. The van der Waals surface area contributed by atoms with E-state index in [2.05, 4.69) is 46.1 Å². The molecule has 5 aliphatic rings. The Hall–Kier alpha value is -1.46. The number of rotatable bonds is 5. The van der Waals surface area contributed by atoms with Gasteiger partial charge in [-0.25, -0.2) is 5.01 Å². The van der Waals surface area contributed by atoms with Crippen molar-refractivity contribution in [2.24, 2.45) is 16.7 Å². The molecule has 4 aliphatic carbocycles. The molecule has 1 amide bonds. The molecule has 27 heavy (non-hydrogen) atoms. The summed E-state index contributed by atoms with van der Waals surface area (Å²) in [5, 5.41) is 5.39. The molecular formula is C22H30FN3O. The van der Waals surface area contributed by atoms with Crippen LogP contribution in [0.3, 0.4) is 0 Å². The van der Waals surface area contributed by atoms with Crippen LogP contribution in [0.5, 0.6) is 0 Å². The number of piperazine rings is 1.